The topological polar surface area (TPSA) is 57.0 Å². The zero-order chi connectivity index (χ0) is 19.4. The Balaban J connectivity index is 1.81. The Kier molecular flexibility index (Phi) is 5.96. The summed E-state index contributed by atoms with van der Waals surface area (Å²) in [6, 6.07) is 15.4. The van der Waals surface area contributed by atoms with Gasteiger partial charge in [0.15, 0.2) is 16.8 Å². The van der Waals surface area contributed by atoms with E-state index >= 15 is 0 Å². The summed E-state index contributed by atoms with van der Waals surface area (Å²) in [6.07, 6.45) is 0. The van der Waals surface area contributed by atoms with Crippen LogP contribution in [0.5, 0.6) is 5.75 Å². The SMILES string of the molecule is CCn1c(S[C@@H](C)C(=O)c2ccc(C)cc2)nnc1-c1ccc(OC)cc1. The Labute approximate surface area is 163 Å². The van der Waals surface area contributed by atoms with E-state index in [0.717, 1.165) is 40.0 Å². The third kappa shape index (κ3) is 4.22. The van der Waals surface area contributed by atoms with E-state index in [1.165, 1.54) is 11.8 Å². The number of Topliss-reactive ketones (excluding diaryl/α,β-unsaturated/α-hetero) is 1. The van der Waals surface area contributed by atoms with Crippen molar-refractivity contribution in [2.45, 2.75) is 37.7 Å². The molecule has 0 saturated carbocycles. The summed E-state index contributed by atoms with van der Waals surface area (Å²) in [7, 11) is 1.64. The number of nitrogens with zero attached hydrogens (tertiary/aromatic N) is 3. The number of hydrogen-bond donors (Lipinski definition) is 0. The molecule has 0 radical (unpaired) electrons. The molecule has 27 heavy (non-hydrogen) atoms. The standard InChI is InChI=1S/C21H23N3O2S/c1-5-24-20(17-10-12-18(26-4)13-11-17)22-23-21(24)27-15(3)19(25)16-8-6-14(2)7-9-16/h6-13,15H,5H2,1-4H3/t15-/m0/s1. The van der Waals surface area contributed by atoms with Crippen molar-refractivity contribution in [2.24, 2.45) is 0 Å². The lowest BCUT2D eigenvalue weighted by Gasteiger charge is -2.12. The lowest BCUT2D eigenvalue weighted by molar-refractivity contribution is 0.0994. The molecular weight excluding hydrogens is 358 g/mol. The summed E-state index contributed by atoms with van der Waals surface area (Å²) in [6.45, 7) is 6.69. The van der Waals surface area contributed by atoms with Crippen molar-refractivity contribution in [1.29, 1.82) is 0 Å². The van der Waals surface area contributed by atoms with Gasteiger partial charge in [0.1, 0.15) is 5.75 Å². The molecule has 0 aliphatic rings. The largest absolute Gasteiger partial charge is 0.497 e. The predicted molar refractivity (Wildman–Crippen MR) is 109 cm³/mol. The first kappa shape index (κ1) is 19.2. The molecule has 0 bridgehead atoms. The van der Waals surface area contributed by atoms with Gasteiger partial charge < -0.3 is 9.30 Å². The fraction of sp³-hybridized carbons (Fsp3) is 0.286. The Morgan fingerprint density at radius 2 is 1.78 bits per heavy atom. The van der Waals surface area contributed by atoms with Crippen LogP contribution in [0.3, 0.4) is 0 Å². The minimum absolute atomic E-state index is 0.0941. The summed E-state index contributed by atoms with van der Waals surface area (Å²) < 4.78 is 7.24. The van der Waals surface area contributed by atoms with Gasteiger partial charge >= 0.3 is 0 Å². The quantitative estimate of drug-likeness (QED) is 0.441. The van der Waals surface area contributed by atoms with E-state index in [4.69, 9.17) is 4.74 Å². The van der Waals surface area contributed by atoms with Gasteiger partial charge in [-0.1, -0.05) is 41.6 Å². The highest BCUT2D eigenvalue weighted by Gasteiger charge is 2.21. The first-order valence-corrected chi connectivity index (χ1v) is 9.76. The number of ketones is 1. The molecule has 6 heteroatoms. The molecule has 0 spiro atoms. The van der Waals surface area contributed by atoms with Crippen molar-refractivity contribution < 1.29 is 9.53 Å². The first-order valence-electron chi connectivity index (χ1n) is 8.88. The maximum atomic E-state index is 12.7. The summed E-state index contributed by atoms with van der Waals surface area (Å²) in [4.78, 5) is 12.7. The second kappa shape index (κ2) is 8.39. The number of rotatable bonds is 7. The third-order valence-electron chi connectivity index (χ3n) is 4.37. The van der Waals surface area contributed by atoms with Crippen LogP contribution in [0.1, 0.15) is 29.8 Å². The number of thioether (sulfide) groups is 1. The van der Waals surface area contributed by atoms with Gasteiger partial charge in [-0.05, 0) is 45.0 Å². The van der Waals surface area contributed by atoms with Gasteiger partial charge in [0.25, 0.3) is 0 Å². The Bertz CT molecular complexity index is 918. The molecule has 140 valence electrons. The van der Waals surface area contributed by atoms with Gasteiger partial charge in [-0.15, -0.1) is 10.2 Å². The number of ether oxygens (including phenoxy) is 1. The minimum atomic E-state index is -0.245. The fourth-order valence-corrected chi connectivity index (χ4v) is 3.77. The number of carbonyl (C=O) groups excluding carboxylic acids is 1. The van der Waals surface area contributed by atoms with Crippen LogP contribution in [0, 0.1) is 6.92 Å². The predicted octanol–water partition coefficient (Wildman–Crippen LogP) is 4.65. The van der Waals surface area contributed by atoms with Gasteiger partial charge in [-0.2, -0.15) is 0 Å². The van der Waals surface area contributed by atoms with E-state index in [1.807, 2.05) is 73.9 Å². The molecule has 3 rings (SSSR count). The molecule has 0 saturated heterocycles. The molecular formula is C21H23N3O2S. The number of hydrogen-bond acceptors (Lipinski definition) is 5. The van der Waals surface area contributed by atoms with Crippen LogP contribution in [-0.2, 0) is 6.54 Å². The molecule has 0 unspecified atom stereocenters. The van der Waals surface area contributed by atoms with E-state index in [9.17, 15) is 4.79 Å². The van der Waals surface area contributed by atoms with Gasteiger partial charge in [0.2, 0.25) is 0 Å². The van der Waals surface area contributed by atoms with E-state index < -0.39 is 0 Å². The fourth-order valence-electron chi connectivity index (χ4n) is 2.78. The smallest absolute Gasteiger partial charge is 0.192 e. The highest BCUT2D eigenvalue weighted by Crippen LogP contribution is 2.29. The number of aromatic nitrogens is 3. The summed E-state index contributed by atoms with van der Waals surface area (Å²) in [5.41, 5.74) is 2.83. The maximum Gasteiger partial charge on any atom is 0.192 e. The summed E-state index contributed by atoms with van der Waals surface area (Å²) in [5.74, 6) is 1.68. The Hall–Kier alpha value is -2.60. The molecule has 0 N–H and O–H groups in total. The molecule has 3 aromatic rings. The van der Waals surface area contributed by atoms with Crippen molar-refractivity contribution in [3.63, 3.8) is 0 Å². The van der Waals surface area contributed by atoms with Crippen molar-refractivity contribution in [1.82, 2.24) is 14.8 Å². The van der Waals surface area contributed by atoms with Gasteiger partial charge in [0, 0.05) is 17.7 Å². The molecule has 1 aromatic heterocycles. The van der Waals surface area contributed by atoms with E-state index in [1.54, 1.807) is 7.11 Å². The third-order valence-corrected chi connectivity index (χ3v) is 5.45. The molecule has 0 fully saturated rings. The number of carbonyl (C=O) groups is 1. The highest BCUT2D eigenvalue weighted by atomic mass is 32.2. The second-order valence-corrected chi connectivity index (χ2v) is 7.58. The zero-order valence-corrected chi connectivity index (χ0v) is 16.8. The number of methoxy groups -OCH3 is 1. The summed E-state index contributed by atoms with van der Waals surface area (Å²) >= 11 is 1.44. The lowest BCUT2D eigenvalue weighted by atomic mass is 10.1. The zero-order valence-electron chi connectivity index (χ0n) is 16.0. The number of benzene rings is 2. The lowest BCUT2D eigenvalue weighted by Crippen LogP contribution is -2.14. The maximum absolute atomic E-state index is 12.7. The van der Waals surface area contributed by atoms with Crippen molar-refractivity contribution in [2.75, 3.05) is 7.11 Å². The molecule has 5 nitrogen and oxygen atoms in total. The van der Waals surface area contributed by atoms with Crippen LogP contribution in [-0.4, -0.2) is 32.9 Å². The highest BCUT2D eigenvalue weighted by molar-refractivity contribution is 8.00. The van der Waals surface area contributed by atoms with Crippen LogP contribution in [0.4, 0.5) is 0 Å². The van der Waals surface area contributed by atoms with Crippen LogP contribution in [0.15, 0.2) is 53.7 Å². The number of aryl methyl sites for hydroxylation is 1. The molecule has 2 aromatic carbocycles. The van der Waals surface area contributed by atoms with E-state index in [0.29, 0.717) is 0 Å². The van der Waals surface area contributed by atoms with Crippen LogP contribution in [0.25, 0.3) is 11.4 Å². The van der Waals surface area contributed by atoms with Crippen LogP contribution in [0.2, 0.25) is 0 Å². The average molecular weight is 382 g/mol. The second-order valence-electron chi connectivity index (χ2n) is 6.27. The molecule has 1 heterocycles. The van der Waals surface area contributed by atoms with Crippen LogP contribution >= 0.6 is 11.8 Å². The van der Waals surface area contributed by atoms with Crippen molar-refractivity contribution >= 4 is 17.5 Å². The van der Waals surface area contributed by atoms with Gasteiger partial charge in [-0.25, -0.2) is 0 Å². The van der Waals surface area contributed by atoms with E-state index in [-0.39, 0.29) is 11.0 Å². The molecule has 0 aliphatic carbocycles. The Morgan fingerprint density at radius 1 is 1.11 bits per heavy atom. The molecule has 0 aliphatic heterocycles. The monoisotopic (exact) mass is 381 g/mol. The summed E-state index contributed by atoms with van der Waals surface area (Å²) in [5, 5.41) is 9.18. The molecule has 0 amide bonds. The average Bonchev–Trinajstić information content (AvgIpc) is 3.10. The minimum Gasteiger partial charge on any atom is -0.497 e. The van der Waals surface area contributed by atoms with E-state index in [2.05, 4.69) is 10.2 Å². The van der Waals surface area contributed by atoms with Crippen molar-refractivity contribution in [3.05, 3.63) is 59.7 Å². The van der Waals surface area contributed by atoms with Crippen LogP contribution < -0.4 is 4.74 Å². The van der Waals surface area contributed by atoms with Gasteiger partial charge in [0.05, 0.1) is 12.4 Å². The van der Waals surface area contributed by atoms with Crippen molar-refractivity contribution in [3.8, 4) is 17.1 Å². The first-order chi connectivity index (χ1) is 13.0. The molecule has 1 atom stereocenters. The normalized spacial score (nSPS) is 12.0. The Morgan fingerprint density at radius 3 is 2.37 bits per heavy atom. The van der Waals surface area contributed by atoms with Gasteiger partial charge in [-0.3, -0.25) is 4.79 Å².